The van der Waals surface area contributed by atoms with E-state index in [1.165, 1.54) is 0 Å². The van der Waals surface area contributed by atoms with Gasteiger partial charge in [0.15, 0.2) is 34.8 Å². The topological polar surface area (TPSA) is 70.5 Å². The van der Waals surface area contributed by atoms with Gasteiger partial charge in [0.05, 0.1) is 12.1 Å². The third kappa shape index (κ3) is 4.95. The van der Waals surface area contributed by atoms with Crippen molar-refractivity contribution < 1.29 is 44.6 Å². The van der Waals surface area contributed by atoms with Crippen molar-refractivity contribution in [1.29, 1.82) is 0 Å². The number of fused-ring (bicyclic) bond motifs is 2. The van der Waals surface area contributed by atoms with E-state index in [-0.39, 0.29) is 25.7 Å². The third-order valence-corrected chi connectivity index (χ3v) is 8.16. The van der Waals surface area contributed by atoms with E-state index in [1.807, 2.05) is 0 Å². The molecular formula is C32H24F8N2O2. The lowest BCUT2D eigenvalue weighted by Crippen LogP contribution is -2.32. The standard InChI is InChI=1S/C32H24F8N2O2/c33-21-19(22(34)26(38)31(25(21)37)43-17-9-13-5-1-2-6-14(13)10-17)29(41)30(42)20-23(35)27(39)32(28(40)24(20)36)44-18-11-15-7-3-4-8-16(15)12-18/h1-8,17-18,29-30H,9-12,41-42H2/t29-,30-/m0/s1. The average Bonchev–Trinajstić information content (AvgIpc) is 3.62. The first-order valence-corrected chi connectivity index (χ1v) is 13.7. The second-order valence-electron chi connectivity index (χ2n) is 10.9. The van der Waals surface area contributed by atoms with Crippen molar-refractivity contribution in [2.75, 3.05) is 0 Å². The Morgan fingerprint density at radius 1 is 0.455 bits per heavy atom. The summed E-state index contributed by atoms with van der Waals surface area (Å²) in [4.78, 5) is 0. The first-order valence-electron chi connectivity index (χ1n) is 13.7. The summed E-state index contributed by atoms with van der Waals surface area (Å²) in [5.41, 5.74) is 11.8. The highest BCUT2D eigenvalue weighted by Gasteiger charge is 2.38. The first kappa shape index (κ1) is 29.9. The van der Waals surface area contributed by atoms with E-state index in [1.54, 1.807) is 48.5 Å². The molecule has 0 unspecified atom stereocenters. The molecular weight excluding hydrogens is 596 g/mol. The van der Waals surface area contributed by atoms with Gasteiger partial charge in [0, 0.05) is 36.8 Å². The van der Waals surface area contributed by atoms with E-state index < -0.39 is 93.5 Å². The van der Waals surface area contributed by atoms with Gasteiger partial charge in [0.1, 0.15) is 12.2 Å². The van der Waals surface area contributed by atoms with E-state index in [0.717, 1.165) is 22.3 Å². The van der Waals surface area contributed by atoms with Crippen LogP contribution < -0.4 is 20.9 Å². The third-order valence-electron chi connectivity index (χ3n) is 8.16. The van der Waals surface area contributed by atoms with Gasteiger partial charge < -0.3 is 20.9 Å². The molecule has 2 atom stereocenters. The van der Waals surface area contributed by atoms with Crippen molar-refractivity contribution in [2.24, 2.45) is 11.5 Å². The van der Waals surface area contributed by atoms with E-state index in [2.05, 4.69) is 0 Å². The summed E-state index contributed by atoms with van der Waals surface area (Å²) >= 11 is 0. The maximum atomic E-state index is 15.2. The average molecular weight is 621 g/mol. The molecule has 2 aliphatic carbocycles. The number of rotatable bonds is 7. The van der Waals surface area contributed by atoms with Crippen LogP contribution in [0.1, 0.15) is 45.5 Å². The lowest BCUT2D eigenvalue weighted by atomic mass is 9.92. The van der Waals surface area contributed by atoms with E-state index in [0.29, 0.717) is 0 Å². The molecule has 0 spiro atoms. The van der Waals surface area contributed by atoms with Gasteiger partial charge >= 0.3 is 0 Å². The van der Waals surface area contributed by atoms with Gasteiger partial charge in [-0.25, -0.2) is 17.6 Å². The van der Waals surface area contributed by atoms with E-state index in [4.69, 9.17) is 20.9 Å². The Balaban J connectivity index is 1.28. The Bertz CT molecular complexity index is 1550. The summed E-state index contributed by atoms with van der Waals surface area (Å²) in [7, 11) is 0. The van der Waals surface area contributed by atoms with Crippen LogP contribution in [0.15, 0.2) is 48.5 Å². The number of hydrogen-bond donors (Lipinski definition) is 2. The zero-order chi connectivity index (χ0) is 31.4. The van der Waals surface area contributed by atoms with Crippen LogP contribution >= 0.6 is 0 Å². The summed E-state index contributed by atoms with van der Waals surface area (Å²) in [6.07, 6.45) is -0.822. The Labute approximate surface area is 246 Å². The molecule has 0 aromatic heterocycles. The van der Waals surface area contributed by atoms with Crippen LogP contribution in [-0.4, -0.2) is 12.2 Å². The van der Waals surface area contributed by atoms with E-state index in [9.17, 15) is 0 Å². The van der Waals surface area contributed by atoms with Crippen LogP contribution in [0.3, 0.4) is 0 Å². The van der Waals surface area contributed by atoms with Gasteiger partial charge in [-0.05, 0) is 22.3 Å². The van der Waals surface area contributed by atoms with Crippen molar-refractivity contribution in [3.05, 3.63) is 128 Å². The highest BCUT2D eigenvalue weighted by molar-refractivity contribution is 5.42. The van der Waals surface area contributed by atoms with Crippen LogP contribution in [0.4, 0.5) is 35.1 Å². The van der Waals surface area contributed by atoms with Crippen molar-refractivity contribution in [3.8, 4) is 11.5 Å². The molecule has 0 radical (unpaired) electrons. The fourth-order valence-electron chi connectivity index (χ4n) is 5.95. The van der Waals surface area contributed by atoms with Gasteiger partial charge in [0.2, 0.25) is 23.3 Å². The Kier molecular flexibility index (Phi) is 7.75. The molecule has 0 amide bonds. The molecule has 4 aromatic rings. The Morgan fingerprint density at radius 3 is 0.955 bits per heavy atom. The summed E-state index contributed by atoms with van der Waals surface area (Å²) in [6, 6.07) is 9.28. The fourth-order valence-corrected chi connectivity index (χ4v) is 5.95. The minimum absolute atomic E-state index is 0.216. The number of benzene rings is 4. The lowest BCUT2D eigenvalue weighted by Gasteiger charge is -2.25. The molecule has 4 nitrogen and oxygen atoms in total. The summed E-state index contributed by atoms with van der Waals surface area (Å²) in [5, 5.41) is 0. The van der Waals surface area contributed by atoms with Crippen molar-refractivity contribution in [2.45, 2.75) is 50.0 Å². The lowest BCUT2D eigenvalue weighted by molar-refractivity contribution is 0.186. The van der Waals surface area contributed by atoms with Gasteiger partial charge in [-0.15, -0.1) is 0 Å². The van der Waals surface area contributed by atoms with Crippen LogP contribution in [0.2, 0.25) is 0 Å². The molecule has 0 heterocycles. The molecule has 0 fully saturated rings. The molecule has 4 aromatic carbocycles. The second-order valence-corrected chi connectivity index (χ2v) is 10.9. The largest absolute Gasteiger partial charge is 0.484 e. The number of halogens is 8. The number of ether oxygens (including phenoxy) is 2. The molecule has 230 valence electrons. The predicted molar refractivity (Wildman–Crippen MR) is 143 cm³/mol. The van der Waals surface area contributed by atoms with Crippen molar-refractivity contribution >= 4 is 0 Å². The minimum Gasteiger partial charge on any atom is -0.484 e. The monoisotopic (exact) mass is 620 g/mol. The summed E-state index contributed by atoms with van der Waals surface area (Å²) < 4.78 is 131. The van der Waals surface area contributed by atoms with Gasteiger partial charge in [0.25, 0.3) is 0 Å². The second kappa shape index (κ2) is 11.4. The molecule has 0 bridgehead atoms. The van der Waals surface area contributed by atoms with Crippen LogP contribution in [-0.2, 0) is 25.7 Å². The molecule has 12 heteroatoms. The first-order chi connectivity index (χ1) is 21.0. The normalized spacial score (nSPS) is 16.1. The maximum absolute atomic E-state index is 15.2. The van der Waals surface area contributed by atoms with Gasteiger partial charge in [-0.3, -0.25) is 0 Å². The zero-order valence-corrected chi connectivity index (χ0v) is 22.8. The summed E-state index contributed by atoms with van der Waals surface area (Å²) in [6.45, 7) is 0. The van der Waals surface area contributed by atoms with Crippen LogP contribution in [0, 0.1) is 46.5 Å². The maximum Gasteiger partial charge on any atom is 0.204 e. The molecule has 4 N–H and O–H groups in total. The molecule has 0 saturated carbocycles. The highest BCUT2D eigenvalue weighted by atomic mass is 19.2. The molecule has 0 saturated heterocycles. The van der Waals surface area contributed by atoms with Crippen LogP contribution in [0.5, 0.6) is 11.5 Å². The van der Waals surface area contributed by atoms with Crippen LogP contribution in [0.25, 0.3) is 0 Å². The Hall–Kier alpha value is -4.16. The zero-order valence-electron chi connectivity index (χ0n) is 22.8. The predicted octanol–water partition coefficient (Wildman–Crippen LogP) is 6.59. The number of nitrogens with two attached hydrogens (primary N) is 2. The van der Waals surface area contributed by atoms with Crippen molar-refractivity contribution in [1.82, 2.24) is 0 Å². The molecule has 44 heavy (non-hydrogen) atoms. The van der Waals surface area contributed by atoms with Gasteiger partial charge in [-0.1, -0.05) is 48.5 Å². The number of hydrogen-bond acceptors (Lipinski definition) is 4. The highest BCUT2D eigenvalue weighted by Crippen LogP contribution is 2.41. The fraction of sp³-hybridized carbons (Fsp3) is 0.250. The molecule has 2 aliphatic rings. The molecule has 6 rings (SSSR count). The van der Waals surface area contributed by atoms with Crippen molar-refractivity contribution in [3.63, 3.8) is 0 Å². The summed E-state index contributed by atoms with van der Waals surface area (Å²) in [5.74, 6) is -18.7. The van der Waals surface area contributed by atoms with E-state index >= 15 is 35.1 Å². The SMILES string of the molecule is N[C@@H](c1c(F)c(F)c(OC2Cc3ccccc3C2)c(F)c1F)[C@@H](N)c1c(F)c(F)c(OC2Cc3ccccc3C2)c(F)c1F. The Morgan fingerprint density at radius 2 is 0.705 bits per heavy atom. The quantitative estimate of drug-likeness (QED) is 0.181. The smallest absolute Gasteiger partial charge is 0.204 e. The van der Waals surface area contributed by atoms with Gasteiger partial charge in [-0.2, -0.15) is 17.6 Å². The minimum atomic E-state index is -2.40. The molecule has 0 aliphatic heterocycles.